The average Bonchev–Trinajstić information content (AvgIpc) is 2.15. The quantitative estimate of drug-likeness (QED) is 0.735. The van der Waals surface area contributed by atoms with Gasteiger partial charge in [0.1, 0.15) is 5.75 Å². The Morgan fingerprint density at radius 1 is 1.64 bits per heavy atom. The van der Waals surface area contributed by atoms with Crippen molar-refractivity contribution in [3.05, 3.63) is 35.7 Å². The highest BCUT2D eigenvalue weighted by Gasteiger charge is 2.08. The van der Waals surface area contributed by atoms with Crippen LogP contribution >= 0.6 is 0 Å². The molecule has 0 saturated heterocycles. The van der Waals surface area contributed by atoms with E-state index in [0.717, 1.165) is 0 Å². The summed E-state index contributed by atoms with van der Waals surface area (Å²) >= 11 is 0. The number of hydrogen-bond acceptors (Lipinski definition) is 3. The third kappa shape index (κ3) is 2.23. The second kappa shape index (κ2) is 4.28. The molecule has 71 valence electrons. The lowest BCUT2D eigenvalue weighted by Crippen LogP contribution is -2.13. The van der Waals surface area contributed by atoms with Gasteiger partial charge in [-0.15, -0.1) is 0 Å². The minimum Gasteiger partial charge on any atom is -0.508 e. The molecule has 0 unspecified atom stereocenters. The van der Waals surface area contributed by atoms with Crippen molar-refractivity contribution < 1.29 is 9.90 Å². The molecule has 1 amide bonds. The van der Waals surface area contributed by atoms with Gasteiger partial charge >= 0.3 is 0 Å². The molecule has 0 aliphatic rings. The molecule has 0 fully saturated rings. The van der Waals surface area contributed by atoms with Crippen LogP contribution in [-0.4, -0.2) is 11.0 Å². The van der Waals surface area contributed by atoms with E-state index in [1.807, 2.05) is 6.07 Å². The van der Waals surface area contributed by atoms with E-state index in [1.54, 1.807) is 6.07 Å². The molecule has 0 bridgehead atoms. The molecule has 0 aromatic heterocycles. The molecule has 0 aliphatic heterocycles. The number of aromatic hydroxyl groups is 1. The van der Waals surface area contributed by atoms with Crippen molar-refractivity contribution in [2.45, 2.75) is 6.42 Å². The van der Waals surface area contributed by atoms with Crippen LogP contribution in [0.1, 0.15) is 15.9 Å². The molecule has 4 nitrogen and oxygen atoms in total. The fourth-order valence-corrected chi connectivity index (χ4v) is 1.13. The number of carbonyl (C=O) groups excluding carboxylic acids is 1. The Hall–Kier alpha value is -2.02. The third-order valence-electron chi connectivity index (χ3n) is 1.77. The van der Waals surface area contributed by atoms with Crippen molar-refractivity contribution in [1.29, 1.82) is 5.26 Å². The first-order valence-corrected chi connectivity index (χ1v) is 3.98. The number of nitrogens with zero attached hydrogens (tertiary/aromatic N) is 1. The Balaban J connectivity index is 3.03. The summed E-state index contributed by atoms with van der Waals surface area (Å²) in [6, 6.07) is 6.18. The summed E-state index contributed by atoms with van der Waals surface area (Å²) in [6.07, 6.45) is 1.70. The summed E-state index contributed by atoms with van der Waals surface area (Å²) in [5.74, 6) is -0.623. The van der Waals surface area contributed by atoms with E-state index < -0.39 is 5.91 Å². The molecular weight excluding hydrogens is 180 g/mol. The molecule has 1 aromatic rings. The van der Waals surface area contributed by atoms with Crippen LogP contribution in [0.3, 0.4) is 0 Å². The van der Waals surface area contributed by atoms with Crippen LogP contribution in [-0.2, 0) is 6.42 Å². The number of nitriles is 1. The fourth-order valence-electron chi connectivity index (χ4n) is 1.13. The summed E-state index contributed by atoms with van der Waals surface area (Å²) in [5.41, 5.74) is 5.99. The SMILES string of the molecule is N#C[CH]Cc1ccc(O)cc1C(N)=O. The first kappa shape index (κ1) is 10.1. The van der Waals surface area contributed by atoms with Gasteiger partial charge in [0.05, 0.1) is 12.5 Å². The smallest absolute Gasteiger partial charge is 0.249 e. The van der Waals surface area contributed by atoms with Crippen molar-refractivity contribution in [1.82, 2.24) is 0 Å². The number of rotatable bonds is 3. The zero-order valence-electron chi connectivity index (χ0n) is 7.40. The maximum Gasteiger partial charge on any atom is 0.249 e. The Morgan fingerprint density at radius 3 is 2.93 bits per heavy atom. The summed E-state index contributed by atoms with van der Waals surface area (Å²) in [4.78, 5) is 11.0. The number of carbonyl (C=O) groups is 1. The Labute approximate surface area is 81.6 Å². The summed E-state index contributed by atoms with van der Waals surface area (Å²) in [5, 5.41) is 17.5. The number of phenolic OH excluding ortho intramolecular Hbond substituents is 1. The van der Waals surface area contributed by atoms with Crippen molar-refractivity contribution in [2.24, 2.45) is 5.73 Å². The van der Waals surface area contributed by atoms with Gasteiger partial charge in [-0.2, -0.15) is 5.26 Å². The Kier molecular flexibility index (Phi) is 3.08. The average molecular weight is 189 g/mol. The molecule has 0 saturated carbocycles. The zero-order chi connectivity index (χ0) is 10.6. The molecule has 0 spiro atoms. The number of hydrogen-bond donors (Lipinski definition) is 2. The number of nitrogens with two attached hydrogens (primary N) is 1. The molecule has 1 rings (SSSR count). The molecule has 14 heavy (non-hydrogen) atoms. The van der Waals surface area contributed by atoms with Crippen LogP contribution in [0, 0.1) is 17.8 Å². The highest BCUT2D eigenvalue weighted by Crippen LogP contribution is 2.17. The number of primary amides is 1. The molecule has 0 heterocycles. The van der Waals surface area contributed by atoms with E-state index in [0.29, 0.717) is 12.0 Å². The minimum absolute atomic E-state index is 0.0143. The monoisotopic (exact) mass is 189 g/mol. The van der Waals surface area contributed by atoms with Crippen molar-refractivity contribution >= 4 is 5.91 Å². The molecule has 0 aliphatic carbocycles. The van der Waals surface area contributed by atoms with E-state index in [-0.39, 0.29) is 11.3 Å². The molecule has 3 N–H and O–H groups in total. The molecule has 4 heteroatoms. The maximum absolute atomic E-state index is 11.0. The zero-order valence-corrected chi connectivity index (χ0v) is 7.40. The van der Waals surface area contributed by atoms with Gasteiger partial charge in [0.2, 0.25) is 5.91 Å². The van der Waals surface area contributed by atoms with Gasteiger partial charge in [-0.05, 0) is 24.1 Å². The predicted molar refractivity (Wildman–Crippen MR) is 50.2 cm³/mol. The molecule has 0 atom stereocenters. The van der Waals surface area contributed by atoms with Gasteiger partial charge in [0.25, 0.3) is 0 Å². The second-order valence-electron chi connectivity index (χ2n) is 2.74. The third-order valence-corrected chi connectivity index (χ3v) is 1.77. The summed E-state index contributed by atoms with van der Waals surface area (Å²) < 4.78 is 0. The summed E-state index contributed by atoms with van der Waals surface area (Å²) in [7, 11) is 0. The highest BCUT2D eigenvalue weighted by atomic mass is 16.3. The fraction of sp³-hybridized carbons (Fsp3) is 0.100. The van der Waals surface area contributed by atoms with Crippen LogP contribution < -0.4 is 5.73 Å². The summed E-state index contributed by atoms with van der Waals surface area (Å²) in [6.45, 7) is 0. The van der Waals surface area contributed by atoms with E-state index in [4.69, 9.17) is 16.1 Å². The van der Waals surface area contributed by atoms with Crippen LogP contribution in [0.15, 0.2) is 18.2 Å². The van der Waals surface area contributed by atoms with E-state index in [1.165, 1.54) is 18.6 Å². The molecule has 1 radical (unpaired) electrons. The topological polar surface area (TPSA) is 87.1 Å². The standard InChI is InChI=1S/C10H9N2O2/c11-5-1-2-7-3-4-8(13)6-9(7)10(12)14/h1,3-4,6,13H,2H2,(H2,12,14). The van der Waals surface area contributed by atoms with Gasteiger partial charge in [0, 0.05) is 5.56 Å². The number of phenols is 1. The largest absolute Gasteiger partial charge is 0.508 e. The normalized spacial score (nSPS) is 9.36. The Morgan fingerprint density at radius 2 is 2.36 bits per heavy atom. The Bertz CT molecular complexity index is 394. The van der Waals surface area contributed by atoms with Crippen molar-refractivity contribution in [3.8, 4) is 11.8 Å². The van der Waals surface area contributed by atoms with Gasteiger partial charge in [0.15, 0.2) is 0 Å². The minimum atomic E-state index is -0.609. The van der Waals surface area contributed by atoms with Gasteiger partial charge in [-0.1, -0.05) is 6.07 Å². The van der Waals surface area contributed by atoms with E-state index in [2.05, 4.69) is 0 Å². The van der Waals surface area contributed by atoms with Gasteiger partial charge in [-0.3, -0.25) is 4.79 Å². The highest BCUT2D eigenvalue weighted by molar-refractivity contribution is 5.94. The lowest BCUT2D eigenvalue weighted by atomic mass is 10.0. The van der Waals surface area contributed by atoms with E-state index >= 15 is 0 Å². The number of benzene rings is 1. The lowest BCUT2D eigenvalue weighted by molar-refractivity contribution is 0.0999. The van der Waals surface area contributed by atoms with Gasteiger partial charge in [-0.25, -0.2) is 0 Å². The van der Waals surface area contributed by atoms with Gasteiger partial charge < -0.3 is 10.8 Å². The van der Waals surface area contributed by atoms with Crippen LogP contribution in [0.2, 0.25) is 0 Å². The molecule has 1 aromatic carbocycles. The lowest BCUT2D eigenvalue weighted by Gasteiger charge is -2.04. The molecular formula is C10H9N2O2. The predicted octanol–water partition coefficient (Wildman–Crippen LogP) is 0.761. The van der Waals surface area contributed by atoms with E-state index in [9.17, 15) is 4.79 Å². The maximum atomic E-state index is 11.0. The number of amides is 1. The first-order valence-electron chi connectivity index (χ1n) is 3.98. The van der Waals surface area contributed by atoms with Crippen LogP contribution in [0.5, 0.6) is 5.75 Å². The van der Waals surface area contributed by atoms with Crippen molar-refractivity contribution in [3.63, 3.8) is 0 Å². The van der Waals surface area contributed by atoms with Crippen LogP contribution in [0.4, 0.5) is 0 Å². The van der Waals surface area contributed by atoms with Crippen LogP contribution in [0.25, 0.3) is 0 Å². The first-order chi connectivity index (χ1) is 6.65. The second-order valence-corrected chi connectivity index (χ2v) is 2.74. The van der Waals surface area contributed by atoms with Crippen molar-refractivity contribution in [2.75, 3.05) is 0 Å².